The number of hydrogen-bond acceptors (Lipinski definition) is 4. The number of rotatable bonds is 3. The van der Waals surface area contributed by atoms with Gasteiger partial charge in [0.05, 0.1) is 6.21 Å². The zero-order valence-electron chi connectivity index (χ0n) is 8.54. The Hall–Kier alpha value is -2.36. The number of hydrogen-bond donors (Lipinski definition) is 2. The summed E-state index contributed by atoms with van der Waals surface area (Å²) in [6, 6.07) is 12.3. The van der Waals surface area contributed by atoms with E-state index in [4.69, 9.17) is 5.11 Å². The normalized spacial score (nSPS) is 10.5. The third-order valence-electron chi connectivity index (χ3n) is 1.95. The zero-order chi connectivity index (χ0) is 11.2. The van der Waals surface area contributed by atoms with Crippen molar-refractivity contribution < 1.29 is 5.11 Å². The van der Waals surface area contributed by atoms with E-state index in [9.17, 15) is 0 Å². The van der Waals surface area contributed by atoms with Gasteiger partial charge in [0.2, 0.25) is 0 Å². The van der Waals surface area contributed by atoms with Gasteiger partial charge in [-0.15, -0.1) is 0 Å². The molecule has 1 aromatic carbocycles. The van der Waals surface area contributed by atoms with Gasteiger partial charge in [-0.2, -0.15) is 5.10 Å². The molecule has 0 saturated carbocycles. The molecule has 4 nitrogen and oxygen atoms in total. The molecule has 2 N–H and O–H groups in total. The summed E-state index contributed by atoms with van der Waals surface area (Å²) in [5.41, 5.74) is 3.71. The predicted octanol–water partition coefficient (Wildman–Crippen LogP) is 2.23. The van der Waals surface area contributed by atoms with Gasteiger partial charge < -0.3 is 5.11 Å². The molecule has 0 aliphatic heterocycles. The Morgan fingerprint density at radius 3 is 2.62 bits per heavy atom. The molecule has 0 aliphatic carbocycles. The van der Waals surface area contributed by atoms with Crippen LogP contribution in [0.1, 0.15) is 5.56 Å². The summed E-state index contributed by atoms with van der Waals surface area (Å²) in [4.78, 5) is 4.06. The molecule has 80 valence electrons. The molecule has 0 fully saturated rings. The highest BCUT2D eigenvalue weighted by Crippen LogP contribution is 2.08. The van der Waals surface area contributed by atoms with Crippen molar-refractivity contribution >= 4 is 12.0 Å². The van der Waals surface area contributed by atoms with Crippen LogP contribution in [-0.4, -0.2) is 16.3 Å². The average Bonchev–Trinajstić information content (AvgIpc) is 2.33. The van der Waals surface area contributed by atoms with E-state index in [0.29, 0.717) is 5.82 Å². The maximum Gasteiger partial charge on any atom is 0.146 e. The SMILES string of the molecule is Oc1ccc(/C=N\Nc2ccccn2)cc1. The largest absolute Gasteiger partial charge is 0.508 e. The number of aromatic hydroxyl groups is 1. The number of nitrogens with zero attached hydrogens (tertiary/aromatic N) is 2. The molecule has 2 aromatic rings. The summed E-state index contributed by atoms with van der Waals surface area (Å²) in [5, 5.41) is 13.1. The lowest BCUT2D eigenvalue weighted by Crippen LogP contribution is -1.92. The lowest BCUT2D eigenvalue weighted by Gasteiger charge is -1.97. The topological polar surface area (TPSA) is 57.5 Å². The van der Waals surface area contributed by atoms with Crippen molar-refractivity contribution in [1.29, 1.82) is 0 Å². The van der Waals surface area contributed by atoms with Crippen molar-refractivity contribution in [2.24, 2.45) is 5.10 Å². The quantitative estimate of drug-likeness (QED) is 0.607. The Kier molecular flexibility index (Phi) is 3.13. The highest BCUT2D eigenvalue weighted by Gasteiger charge is 1.89. The smallest absolute Gasteiger partial charge is 0.146 e. The first-order valence-corrected chi connectivity index (χ1v) is 4.84. The van der Waals surface area contributed by atoms with Crippen LogP contribution in [0.15, 0.2) is 53.8 Å². The third-order valence-corrected chi connectivity index (χ3v) is 1.95. The monoisotopic (exact) mass is 213 g/mol. The van der Waals surface area contributed by atoms with Gasteiger partial charge in [-0.3, -0.25) is 5.43 Å². The number of phenols is 1. The molecular formula is C12H11N3O. The van der Waals surface area contributed by atoms with E-state index in [1.165, 1.54) is 0 Å². The minimum atomic E-state index is 0.245. The van der Waals surface area contributed by atoms with Crippen LogP contribution in [0, 0.1) is 0 Å². The second-order valence-electron chi connectivity index (χ2n) is 3.18. The zero-order valence-corrected chi connectivity index (χ0v) is 8.54. The van der Waals surface area contributed by atoms with Crippen molar-refractivity contribution in [3.05, 3.63) is 54.2 Å². The molecule has 0 spiro atoms. The van der Waals surface area contributed by atoms with Crippen LogP contribution in [0.5, 0.6) is 5.75 Å². The molecule has 0 amide bonds. The van der Waals surface area contributed by atoms with Crippen LogP contribution < -0.4 is 5.43 Å². The van der Waals surface area contributed by atoms with Gasteiger partial charge in [-0.25, -0.2) is 4.98 Å². The fourth-order valence-corrected chi connectivity index (χ4v) is 1.16. The van der Waals surface area contributed by atoms with Crippen LogP contribution in [0.25, 0.3) is 0 Å². The summed E-state index contributed by atoms with van der Waals surface area (Å²) in [6.07, 6.45) is 3.35. The maximum atomic E-state index is 9.09. The van der Waals surface area contributed by atoms with E-state index in [1.54, 1.807) is 36.7 Å². The minimum Gasteiger partial charge on any atom is -0.508 e. The van der Waals surface area contributed by atoms with Gasteiger partial charge >= 0.3 is 0 Å². The number of anilines is 1. The summed E-state index contributed by atoms with van der Waals surface area (Å²) in [7, 11) is 0. The number of nitrogens with one attached hydrogen (secondary N) is 1. The molecule has 1 aromatic heterocycles. The number of aromatic nitrogens is 1. The fraction of sp³-hybridized carbons (Fsp3) is 0. The first-order valence-electron chi connectivity index (χ1n) is 4.84. The van der Waals surface area contributed by atoms with E-state index >= 15 is 0 Å². The Balaban J connectivity index is 1.98. The number of benzene rings is 1. The summed E-state index contributed by atoms with van der Waals surface area (Å²) in [5.74, 6) is 0.937. The fourth-order valence-electron chi connectivity index (χ4n) is 1.16. The lowest BCUT2D eigenvalue weighted by molar-refractivity contribution is 0.475. The third kappa shape index (κ3) is 2.81. The van der Waals surface area contributed by atoms with Gasteiger partial charge in [0.25, 0.3) is 0 Å². The molecule has 0 aliphatic rings. The molecular weight excluding hydrogens is 202 g/mol. The summed E-state index contributed by atoms with van der Waals surface area (Å²) in [6.45, 7) is 0. The number of pyridine rings is 1. The van der Waals surface area contributed by atoms with Gasteiger partial charge in [-0.05, 0) is 42.0 Å². The van der Waals surface area contributed by atoms with E-state index in [1.807, 2.05) is 18.2 Å². The van der Waals surface area contributed by atoms with E-state index in [-0.39, 0.29) is 5.75 Å². The van der Waals surface area contributed by atoms with Crippen molar-refractivity contribution in [3.8, 4) is 5.75 Å². The summed E-state index contributed by atoms with van der Waals surface area (Å²) >= 11 is 0. The Morgan fingerprint density at radius 2 is 1.94 bits per heavy atom. The van der Waals surface area contributed by atoms with Gasteiger partial charge in [0.15, 0.2) is 0 Å². The van der Waals surface area contributed by atoms with Crippen molar-refractivity contribution in [2.75, 3.05) is 5.43 Å². The maximum absolute atomic E-state index is 9.09. The first kappa shape index (κ1) is 10.2. The van der Waals surface area contributed by atoms with Gasteiger partial charge in [-0.1, -0.05) is 6.07 Å². The van der Waals surface area contributed by atoms with Crippen LogP contribution in [0.4, 0.5) is 5.82 Å². The van der Waals surface area contributed by atoms with Gasteiger partial charge in [0.1, 0.15) is 11.6 Å². The second kappa shape index (κ2) is 4.93. The molecule has 0 unspecified atom stereocenters. The highest BCUT2D eigenvalue weighted by molar-refractivity contribution is 5.80. The average molecular weight is 213 g/mol. The van der Waals surface area contributed by atoms with Crippen molar-refractivity contribution in [3.63, 3.8) is 0 Å². The Bertz CT molecular complexity index is 465. The Labute approximate surface area is 93.3 Å². The molecule has 16 heavy (non-hydrogen) atoms. The van der Waals surface area contributed by atoms with Crippen molar-refractivity contribution in [2.45, 2.75) is 0 Å². The highest BCUT2D eigenvalue weighted by atomic mass is 16.3. The van der Waals surface area contributed by atoms with Crippen LogP contribution >= 0.6 is 0 Å². The molecule has 0 radical (unpaired) electrons. The van der Waals surface area contributed by atoms with E-state index in [0.717, 1.165) is 5.56 Å². The Morgan fingerprint density at radius 1 is 1.12 bits per heavy atom. The molecule has 1 heterocycles. The van der Waals surface area contributed by atoms with Crippen LogP contribution in [0.2, 0.25) is 0 Å². The molecule has 0 saturated heterocycles. The number of phenolic OH excluding ortho intramolecular Hbond substituents is 1. The van der Waals surface area contributed by atoms with Crippen LogP contribution in [-0.2, 0) is 0 Å². The van der Waals surface area contributed by atoms with Crippen LogP contribution in [0.3, 0.4) is 0 Å². The molecule has 0 bridgehead atoms. The molecule has 0 atom stereocenters. The van der Waals surface area contributed by atoms with Crippen molar-refractivity contribution in [1.82, 2.24) is 4.98 Å². The number of hydrazone groups is 1. The molecule has 4 heteroatoms. The minimum absolute atomic E-state index is 0.245. The van der Waals surface area contributed by atoms with Gasteiger partial charge in [0, 0.05) is 6.20 Å². The lowest BCUT2D eigenvalue weighted by atomic mass is 10.2. The first-order chi connectivity index (χ1) is 7.84. The molecule has 2 rings (SSSR count). The predicted molar refractivity (Wildman–Crippen MR) is 63.6 cm³/mol. The second-order valence-corrected chi connectivity index (χ2v) is 3.18. The summed E-state index contributed by atoms with van der Waals surface area (Å²) < 4.78 is 0. The van der Waals surface area contributed by atoms with E-state index in [2.05, 4.69) is 15.5 Å². The van der Waals surface area contributed by atoms with E-state index < -0.39 is 0 Å². The standard InChI is InChI=1S/C12H11N3O/c16-11-6-4-10(5-7-11)9-14-15-12-3-1-2-8-13-12/h1-9,16H,(H,13,15)/b14-9-.